The molecule has 90 valence electrons. The number of hydrogen-bond acceptors (Lipinski definition) is 6. The van der Waals surface area contributed by atoms with E-state index >= 15 is 0 Å². The number of aromatic nitrogens is 5. The van der Waals surface area contributed by atoms with E-state index in [1.165, 1.54) is 0 Å². The summed E-state index contributed by atoms with van der Waals surface area (Å²) < 4.78 is 1.67. The number of aliphatic hydroxyl groups is 1. The van der Waals surface area contributed by atoms with E-state index in [1.807, 2.05) is 7.05 Å². The second-order valence-electron chi connectivity index (χ2n) is 4.59. The van der Waals surface area contributed by atoms with Crippen molar-refractivity contribution < 1.29 is 5.11 Å². The van der Waals surface area contributed by atoms with Gasteiger partial charge in [-0.05, 0) is 29.2 Å². The molecule has 3 rings (SSSR count). The Labute approximate surface area is 98.1 Å². The molecule has 2 heterocycles. The average molecular weight is 234 g/mol. The van der Waals surface area contributed by atoms with Gasteiger partial charge >= 0.3 is 0 Å². The van der Waals surface area contributed by atoms with E-state index in [0.717, 1.165) is 25.2 Å². The van der Waals surface area contributed by atoms with Crippen molar-refractivity contribution in [2.75, 3.05) is 18.5 Å². The first kappa shape index (κ1) is 10.4. The Morgan fingerprint density at radius 3 is 3.06 bits per heavy atom. The molecule has 0 aliphatic heterocycles. The third-order valence-electron chi connectivity index (χ3n) is 3.22. The molecule has 1 aliphatic rings. The van der Waals surface area contributed by atoms with Crippen molar-refractivity contribution >= 4 is 11.5 Å². The summed E-state index contributed by atoms with van der Waals surface area (Å²) in [5.41, 5.74) is 0.642. The lowest BCUT2D eigenvalue weighted by Crippen LogP contribution is -2.37. The lowest BCUT2D eigenvalue weighted by Gasteiger charge is -2.34. The number of anilines is 1. The summed E-state index contributed by atoms with van der Waals surface area (Å²) in [5.74, 6) is 1.41. The molecule has 0 unspecified atom stereocenters. The third kappa shape index (κ3) is 1.82. The fraction of sp³-hybridized carbons (Fsp3) is 0.600. The minimum atomic E-state index is -0.115. The predicted octanol–water partition coefficient (Wildman–Crippen LogP) is -0.274. The second kappa shape index (κ2) is 3.92. The molecule has 0 spiro atoms. The smallest absolute Gasteiger partial charge is 0.199 e. The van der Waals surface area contributed by atoms with E-state index < -0.39 is 0 Å². The van der Waals surface area contributed by atoms with Crippen molar-refractivity contribution in [2.45, 2.75) is 18.9 Å². The van der Waals surface area contributed by atoms with Crippen molar-refractivity contribution in [3.8, 4) is 0 Å². The fourth-order valence-corrected chi connectivity index (χ4v) is 2.25. The maximum atomic E-state index is 9.27. The third-order valence-corrected chi connectivity index (χ3v) is 3.22. The minimum Gasteiger partial charge on any atom is -0.393 e. The molecule has 2 aromatic rings. The van der Waals surface area contributed by atoms with E-state index in [1.54, 1.807) is 16.9 Å². The first-order chi connectivity index (χ1) is 8.24. The normalized spacial score (nSPS) is 23.6. The Morgan fingerprint density at radius 2 is 2.29 bits per heavy atom. The molecule has 0 aromatic carbocycles. The fourth-order valence-electron chi connectivity index (χ4n) is 2.25. The first-order valence-electron chi connectivity index (χ1n) is 5.65. The van der Waals surface area contributed by atoms with Gasteiger partial charge in [-0.3, -0.25) is 4.98 Å². The van der Waals surface area contributed by atoms with Gasteiger partial charge in [0.25, 0.3) is 0 Å². The predicted molar refractivity (Wildman–Crippen MR) is 60.6 cm³/mol. The lowest BCUT2D eigenvalue weighted by molar-refractivity contribution is 0.0464. The summed E-state index contributed by atoms with van der Waals surface area (Å²) >= 11 is 0. The van der Waals surface area contributed by atoms with Crippen LogP contribution in [0, 0.1) is 5.92 Å². The van der Waals surface area contributed by atoms with E-state index in [4.69, 9.17) is 0 Å². The maximum absolute atomic E-state index is 9.27. The Morgan fingerprint density at radius 1 is 1.47 bits per heavy atom. The Balaban J connectivity index is 1.80. The SMILES string of the molecule is CN(CC1CC(O)C1)c1cncc2nnnn12. The van der Waals surface area contributed by atoms with Crippen LogP contribution in [0.5, 0.6) is 0 Å². The molecule has 7 heteroatoms. The number of fused-ring (bicyclic) bond motifs is 1. The Bertz CT molecular complexity index is 520. The van der Waals surface area contributed by atoms with E-state index in [2.05, 4.69) is 25.4 Å². The summed E-state index contributed by atoms with van der Waals surface area (Å²) in [4.78, 5) is 6.19. The largest absolute Gasteiger partial charge is 0.393 e. The van der Waals surface area contributed by atoms with Crippen molar-refractivity contribution in [3.63, 3.8) is 0 Å². The van der Waals surface area contributed by atoms with Gasteiger partial charge in [0, 0.05) is 13.6 Å². The summed E-state index contributed by atoms with van der Waals surface area (Å²) in [6.45, 7) is 0.887. The number of aliphatic hydroxyl groups excluding tert-OH is 1. The van der Waals surface area contributed by atoms with Crippen LogP contribution in [0.4, 0.5) is 5.82 Å². The van der Waals surface area contributed by atoms with Crippen LogP contribution in [0.25, 0.3) is 5.65 Å². The summed E-state index contributed by atoms with van der Waals surface area (Å²) in [6, 6.07) is 0. The standard InChI is InChI=1S/C10H14N6O/c1-15(6-7-2-8(17)3-7)10-5-11-4-9-12-13-14-16(9)10/h4-5,7-8,17H,2-3,6H2,1H3. The van der Waals surface area contributed by atoms with Crippen LogP contribution in [-0.2, 0) is 0 Å². The molecule has 1 N–H and O–H groups in total. The van der Waals surface area contributed by atoms with E-state index in [-0.39, 0.29) is 6.10 Å². The van der Waals surface area contributed by atoms with Gasteiger partial charge in [0.05, 0.1) is 18.5 Å². The van der Waals surface area contributed by atoms with Crippen LogP contribution in [0.3, 0.4) is 0 Å². The molecule has 0 amide bonds. The molecule has 1 aliphatic carbocycles. The highest BCUT2D eigenvalue weighted by Gasteiger charge is 2.28. The van der Waals surface area contributed by atoms with Crippen molar-refractivity contribution in [2.24, 2.45) is 5.92 Å². The minimum absolute atomic E-state index is 0.115. The highest BCUT2D eigenvalue weighted by atomic mass is 16.3. The zero-order valence-corrected chi connectivity index (χ0v) is 9.56. The molecule has 0 radical (unpaired) electrons. The topological polar surface area (TPSA) is 79.4 Å². The molecule has 7 nitrogen and oxygen atoms in total. The van der Waals surface area contributed by atoms with Gasteiger partial charge in [0.2, 0.25) is 0 Å². The lowest BCUT2D eigenvalue weighted by atomic mass is 9.82. The number of rotatable bonds is 3. The van der Waals surface area contributed by atoms with Gasteiger partial charge in [-0.1, -0.05) is 0 Å². The van der Waals surface area contributed by atoms with Crippen LogP contribution < -0.4 is 4.90 Å². The molecule has 0 saturated heterocycles. The monoisotopic (exact) mass is 234 g/mol. The number of tetrazole rings is 1. The molecule has 1 fully saturated rings. The molecular weight excluding hydrogens is 220 g/mol. The van der Waals surface area contributed by atoms with Crippen LogP contribution in [-0.4, -0.2) is 49.8 Å². The molecule has 0 bridgehead atoms. The maximum Gasteiger partial charge on any atom is 0.199 e. The van der Waals surface area contributed by atoms with Crippen LogP contribution in [0.15, 0.2) is 12.4 Å². The van der Waals surface area contributed by atoms with Crippen LogP contribution in [0.1, 0.15) is 12.8 Å². The van der Waals surface area contributed by atoms with Gasteiger partial charge in [0.15, 0.2) is 11.5 Å². The first-order valence-corrected chi connectivity index (χ1v) is 5.65. The van der Waals surface area contributed by atoms with E-state index in [9.17, 15) is 5.11 Å². The van der Waals surface area contributed by atoms with Gasteiger partial charge in [-0.25, -0.2) is 0 Å². The quantitative estimate of drug-likeness (QED) is 0.787. The number of nitrogens with zero attached hydrogens (tertiary/aromatic N) is 6. The second-order valence-corrected chi connectivity index (χ2v) is 4.59. The van der Waals surface area contributed by atoms with Crippen molar-refractivity contribution in [1.82, 2.24) is 25.0 Å². The molecule has 1 saturated carbocycles. The molecule has 2 aromatic heterocycles. The average Bonchev–Trinajstić information content (AvgIpc) is 2.74. The van der Waals surface area contributed by atoms with Crippen molar-refractivity contribution in [1.29, 1.82) is 0 Å². The summed E-state index contributed by atoms with van der Waals surface area (Å²) in [6.07, 6.45) is 5.02. The molecule has 17 heavy (non-hydrogen) atoms. The summed E-state index contributed by atoms with van der Waals surface area (Å²) in [5, 5.41) is 20.7. The van der Waals surface area contributed by atoms with Gasteiger partial charge in [0.1, 0.15) is 0 Å². The highest BCUT2D eigenvalue weighted by Crippen LogP contribution is 2.28. The summed E-state index contributed by atoms with van der Waals surface area (Å²) in [7, 11) is 1.99. The molecular formula is C10H14N6O. The molecule has 0 atom stereocenters. The van der Waals surface area contributed by atoms with Crippen LogP contribution in [0.2, 0.25) is 0 Å². The van der Waals surface area contributed by atoms with Crippen molar-refractivity contribution in [3.05, 3.63) is 12.4 Å². The Hall–Kier alpha value is -1.76. The van der Waals surface area contributed by atoms with E-state index in [0.29, 0.717) is 11.6 Å². The Kier molecular flexibility index (Phi) is 2.40. The van der Waals surface area contributed by atoms with Gasteiger partial charge < -0.3 is 10.0 Å². The van der Waals surface area contributed by atoms with Crippen LogP contribution >= 0.6 is 0 Å². The van der Waals surface area contributed by atoms with Gasteiger partial charge in [-0.2, -0.15) is 4.52 Å². The zero-order valence-electron chi connectivity index (χ0n) is 9.56. The highest BCUT2D eigenvalue weighted by molar-refractivity contribution is 5.45. The zero-order chi connectivity index (χ0) is 11.8. The number of hydrogen-bond donors (Lipinski definition) is 1. The van der Waals surface area contributed by atoms with Gasteiger partial charge in [-0.15, -0.1) is 5.10 Å².